The van der Waals surface area contributed by atoms with E-state index in [1.54, 1.807) is 6.07 Å². The van der Waals surface area contributed by atoms with Gasteiger partial charge in [-0.25, -0.2) is 0 Å². The topological polar surface area (TPSA) is 79.3 Å². The van der Waals surface area contributed by atoms with Crippen molar-refractivity contribution in [1.82, 2.24) is 9.80 Å². The molecule has 7 nitrogen and oxygen atoms in total. The smallest absolute Gasteiger partial charge is 0.308 e. The summed E-state index contributed by atoms with van der Waals surface area (Å²) in [7, 11) is 0. The van der Waals surface area contributed by atoms with Crippen LogP contribution in [0.3, 0.4) is 0 Å². The van der Waals surface area contributed by atoms with Gasteiger partial charge in [0.15, 0.2) is 11.5 Å². The second kappa shape index (κ2) is 18.2. The third-order valence-electron chi connectivity index (χ3n) is 14.9. The summed E-state index contributed by atoms with van der Waals surface area (Å²) in [6.07, 6.45) is 16.8. The highest BCUT2D eigenvalue weighted by Crippen LogP contribution is 2.66. The normalized spacial score (nSPS) is 23.8. The number of hydrogen-bond donors (Lipinski definition) is 1. The van der Waals surface area contributed by atoms with E-state index in [-0.39, 0.29) is 35.1 Å². The number of piperidine rings is 1. The zero-order chi connectivity index (χ0) is 41.1. The van der Waals surface area contributed by atoms with Crippen LogP contribution in [0.15, 0.2) is 97.1 Å². The van der Waals surface area contributed by atoms with E-state index in [2.05, 4.69) is 101 Å². The van der Waals surface area contributed by atoms with Crippen molar-refractivity contribution in [2.45, 2.75) is 139 Å². The molecule has 5 atom stereocenters. The highest BCUT2D eigenvalue weighted by atomic mass is 16.6. The number of likely N-dealkylation sites (tertiary alicyclic amines) is 1. The lowest BCUT2D eigenvalue weighted by Crippen LogP contribution is -2.69. The summed E-state index contributed by atoms with van der Waals surface area (Å²) in [6.45, 7) is 4.06. The second-order valence-electron chi connectivity index (χ2n) is 18.7. The molecule has 3 fully saturated rings. The molecule has 4 aromatic carbocycles. The molecule has 5 aliphatic rings. The van der Waals surface area contributed by atoms with Gasteiger partial charge in [-0.15, -0.1) is 0 Å². The van der Waals surface area contributed by atoms with Gasteiger partial charge in [-0.3, -0.25) is 14.5 Å². The SMILES string of the molecule is CC(=O)Oc1cc(O)c2c3c1O[C@H]1[C@@H](N(CC(c4ccccc4)c4ccccc4)C(=O)CCCCCCCCCCc4ccccc4)CC[C@H]4[C@@H](C2)N(CC2CC2)CC[C@@]341. The largest absolute Gasteiger partial charge is 0.508 e. The van der Waals surface area contributed by atoms with Crippen LogP contribution in [0.4, 0.5) is 0 Å². The first-order chi connectivity index (χ1) is 29.4. The Bertz CT molecular complexity index is 2050. The molecule has 2 aliphatic heterocycles. The van der Waals surface area contributed by atoms with Gasteiger partial charge < -0.3 is 19.5 Å². The molecule has 2 saturated carbocycles. The highest BCUT2D eigenvalue weighted by Gasteiger charge is 2.67. The number of aromatic hydroxyl groups is 1. The van der Waals surface area contributed by atoms with Crippen molar-refractivity contribution in [3.63, 3.8) is 0 Å². The fourth-order valence-electron chi connectivity index (χ4n) is 11.9. The summed E-state index contributed by atoms with van der Waals surface area (Å²) in [5, 5.41) is 11.7. The third-order valence-corrected chi connectivity index (χ3v) is 14.9. The average molecular weight is 809 g/mol. The number of amides is 1. The van der Waals surface area contributed by atoms with Crippen molar-refractivity contribution in [1.29, 1.82) is 0 Å². The second-order valence-corrected chi connectivity index (χ2v) is 18.7. The number of rotatable bonds is 19. The Labute approximate surface area is 357 Å². The van der Waals surface area contributed by atoms with Gasteiger partial charge in [0.05, 0.1) is 6.04 Å². The lowest BCUT2D eigenvalue weighted by Gasteiger charge is -2.60. The van der Waals surface area contributed by atoms with E-state index in [4.69, 9.17) is 9.47 Å². The molecule has 0 radical (unpaired) electrons. The summed E-state index contributed by atoms with van der Waals surface area (Å²) in [4.78, 5) is 32.5. The molecule has 60 heavy (non-hydrogen) atoms. The van der Waals surface area contributed by atoms with Crippen LogP contribution in [0, 0.1) is 11.8 Å². The zero-order valence-electron chi connectivity index (χ0n) is 35.6. The molecule has 0 unspecified atom stereocenters. The molecule has 9 rings (SSSR count). The van der Waals surface area contributed by atoms with Crippen molar-refractivity contribution in [2.75, 3.05) is 19.6 Å². The van der Waals surface area contributed by atoms with Gasteiger partial charge in [-0.1, -0.05) is 130 Å². The van der Waals surface area contributed by atoms with E-state index in [0.717, 1.165) is 81.5 Å². The number of carbonyl (C=O) groups is 2. The fraction of sp³-hybridized carbons (Fsp3) is 0.509. The first kappa shape index (κ1) is 40.8. The number of phenolic OH excluding ortho intramolecular Hbond substituents is 1. The van der Waals surface area contributed by atoms with Gasteiger partial charge in [-0.05, 0) is 92.9 Å². The molecular weight excluding hydrogens is 745 g/mol. The summed E-state index contributed by atoms with van der Waals surface area (Å²) in [6, 6.07) is 33.9. The predicted molar refractivity (Wildman–Crippen MR) is 237 cm³/mol. The summed E-state index contributed by atoms with van der Waals surface area (Å²) >= 11 is 0. The number of carbonyl (C=O) groups excluding carboxylic acids is 2. The molecular formula is C53H64N2O5. The number of phenols is 1. The number of esters is 1. The first-order valence-electron chi connectivity index (χ1n) is 23.3. The Balaban J connectivity index is 0.969. The highest BCUT2D eigenvalue weighted by molar-refractivity contribution is 5.77. The minimum Gasteiger partial charge on any atom is -0.508 e. The quantitative estimate of drug-likeness (QED) is 0.0577. The monoisotopic (exact) mass is 808 g/mol. The minimum absolute atomic E-state index is 0.00653. The van der Waals surface area contributed by atoms with E-state index in [1.165, 1.54) is 68.6 Å². The number of ether oxygens (including phenoxy) is 2. The van der Waals surface area contributed by atoms with E-state index in [9.17, 15) is 9.90 Å². The van der Waals surface area contributed by atoms with E-state index < -0.39 is 5.97 Å². The van der Waals surface area contributed by atoms with Crippen LogP contribution >= 0.6 is 0 Å². The lowest BCUT2D eigenvalue weighted by molar-refractivity contribution is -0.143. The molecule has 2 bridgehead atoms. The van der Waals surface area contributed by atoms with E-state index in [1.807, 2.05) is 0 Å². The van der Waals surface area contributed by atoms with Crippen LogP contribution < -0.4 is 9.47 Å². The predicted octanol–water partition coefficient (Wildman–Crippen LogP) is 10.5. The third kappa shape index (κ3) is 8.36. The standard InChI is InChI=1S/C53H64N2O5/c1-37(56)59-48-34-47(57)42-33-46-44-29-30-45(52-53(44,50(42)51(48)60-52)31-32-54(46)35-39-27-28-39)55(36-43(40-22-14-9-15-23-40)41-24-16-10-17-25-41)49(58)26-18-7-5-3-2-4-6-11-19-38-20-12-8-13-21-38/h8-10,12-17,20-25,34,39,43-46,52,57H,2-7,11,18-19,26-33,35-36H2,1H3/t44-,45-,46+,52-,53-/m0/s1. The first-order valence-corrected chi connectivity index (χ1v) is 23.3. The minimum atomic E-state index is -0.434. The van der Waals surface area contributed by atoms with Gasteiger partial charge >= 0.3 is 5.97 Å². The Morgan fingerprint density at radius 1 is 0.833 bits per heavy atom. The average Bonchev–Trinajstić information content (AvgIpc) is 4.02. The Hall–Kier alpha value is -4.62. The summed E-state index contributed by atoms with van der Waals surface area (Å²) in [5.74, 6) is 1.98. The number of hydrogen-bond acceptors (Lipinski definition) is 6. The van der Waals surface area contributed by atoms with Crippen LogP contribution in [-0.2, 0) is 27.8 Å². The molecule has 0 aromatic heterocycles. The van der Waals surface area contributed by atoms with Crippen molar-refractivity contribution in [2.24, 2.45) is 11.8 Å². The molecule has 3 aliphatic carbocycles. The van der Waals surface area contributed by atoms with Crippen molar-refractivity contribution >= 4 is 11.9 Å². The summed E-state index contributed by atoms with van der Waals surface area (Å²) < 4.78 is 13.1. The van der Waals surface area contributed by atoms with E-state index in [0.29, 0.717) is 36.4 Å². The van der Waals surface area contributed by atoms with Crippen LogP contribution in [0.5, 0.6) is 17.2 Å². The maximum absolute atomic E-state index is 15.1. The summed E-state index contributed by atoms with van der Waals surface area (Å²) in [5.41, 5.74) is 5.45. The van der Waals surface area contributed by atoms with Crippen LogP contribution in [-0.4, -0.2) is 64.6 Å². The Morgan fingerprint density at radius 2 is 1.47 bits per heavy atom. The molecule has 7 heteroatoms. The molecule has 1 amide bonds. The molecule has 4 aromatic rings. The van der Waals surface area contributed by atoms with Gasteiger partial charge in [0.1, 0.15) is 11.9 Å². The van der Waals surface area contributed by atoms with Gasteiger partial charge in [0, 0.05) is 61.0 Å². The fourth-order valence-corrected chi connectivity index (χ4v) is 11.9. The number of benzene rings is 4. The maximum Gasteiger partial charge on any atom is 0.308 e. The zero-order valence-corrected chi connectivity index (χ0v) is 35.6. The molecule has 1 spiro atoms. The number of unbranched alkanes of at least 4 members (excludes halogenated alkanes) is 7. The number of aryl methyl sites for hydroxylation is 1. The van der Waals surface area contributed by atoms with E-state index >= 15 is 4.79 Å². The maximum atomic E-state index is 15.1. The van der Waals surface area contributed by atoms with Gasteiger partial charge in [0.25, 0.3) is 0 Å². The molecule has 1 saturated heterocycles. The van der Waals surface area contributed by atoms with Crippen molar-refractivity contribution in [3.8, 4) is 17.2 Å². The molecule has 316 valence electrons. The van der Waals surface area contributed by atoms with Gasteiger partial charge in [0.2, 0.25) is 5.91 Å². The van der Waals surface area contributed by atoms with Crippen molar-refractivity contribution < 1.29 is 24.2 Å². The van der Waals surface area contributed by atoms with Crippen molar-refractivity contribution in [3.05, 3.63) is 125 Å². The van der Waals surface area contributed by atoms with Crippen LogP contribution in [0.1, 0.15) is 131 Å². The van der Waals surface area contributed by atoms with Crippen LogP contribution in [0.25, 0.3) is 0 Å². The van der Waals surface area contributed by atoms with Crippen LogP contribution in [0.2, 0.25) is 0 Å². The number of nitrogens with zero attached hydrogens (tertiary/aromatic N) is 2. The lowest BCUT2D eigenvalue weighted by atomic mass is 9.50. The van der Waals surface area contributed by atoms with Gasteiger partial charge in [-0.2, -0.15) is 0 Å². The molecule has 2 heterocycles. The Morgan fingerprint density at radius 3 is 2.12 bits per heavy atom. The Kier molecular flexibility index (Phi) is 12.3. The molecule has 1 N–H and O–H groups in total.